The second-order valence-corrected chi connectivity index (χ2v) is 5.76. The molecule has 110 valence electrons. The number of fused-ring (bicyclic) bond motifs is 1. The van der Waals surface area contributed by atoms with Gasteiger partial charge < -0.3 is 15.7 Å². The lowest BCUT2D eigenvalue weighted by Gasteiger charge is -2.18. The van der Waals surface area contributed by atoms with E-state index in [1.165, 1.54) is 5.56 Å². The molecule has 2 unspecified atom stereocenters. The van der Waals surface area contributed by atoms with Gasteiger partial charge in [-0.1, -0.05) is 17.7 Å². The Morgan fingerprint density at radius 2 is 2.35 bits per heavy atom. The lowest BCUT2D eigenvalue weighted by molar-refractivity contribution is 0.230. The highest BCUT2D eigenvalue weighted by Gasteiger charge is 2.24. The predicted octanol–water partition coefficient (Wildman–Crippen LogP) is 2.79. The topological polar surface area (TPSA) is 61.4 Å². The molecule has 0 spiro atoms. The van der Waals surface area contributed by atoms with E-state index in [9.17, 15) is 4.79 Å². The number of rotatable bonds is 5. The average molecular weight is 297 g/mol. The van der Waals surface area contributed by atoms with Gasteiger partial charge in [0.25, 0.3) is 0 Å². The van der Waals surface area contributed by atoms with Crippen molar-refractivity contribution in [2.75, 3.05) is 6.61 Å². The molecule has 5 heteroatoms. The van der Waals surface area contributed by atoms with Crippen molar-refractivity contribution < 1.29 is 9.90 Å². The van der Waals surface area contributed by atoms with Crippen LogP contribution in [0.2, 0.25) is 5.02 Å². The fraction of sp³-hybridized carbons (Fsp3) is 0.533. The first-order chi connectivity index (χ1) is 9.60. The number of amides is 2. The summed E-state index contributed by atoms with van der Waals surface area (Å²) in [6.07, 6.45) is 3.34. The van der Waals surface area contributed by atoms with E-state index in [0.717, 1.165) is 29.8 Å². The average Bonchev–Trinajstić information content (AvgIpc) is 2.78. The molecule has 2 amide bonds. The van der Waals surface area contributed by atoms with Gasteiger partial charge in [-0.3, -0.25) is 0 Å². The zero-order valence-electron chi connectivity index (χ0n) is 11.7. The van der Waals surface area contributed by atoms with Crippen LogP contribution in [-0.2, 0) is 6.42 Å². The van der Waals surface area contributed by atoms with Crippen LogP contribution in [0.25, 0.3) is 0 Å². The molecule has 1 aromatic carbocycles. The number of carbonyl (C=O) groups excluding carboxylic acids is 1. The quantitative estimate of drug-likeness (QED) is 0.782. The molecule has 0 fully saturated rings. The van der Waals surface area contributed by atoms with Crippen molar-refractivity contribution in [2.45, 2.75) is 44.7 Å². The Bertz CT molecular complexity index is 479. The van der Waals surface area contributed by atoms with Crippen molar-refractivity contribution in [1.29, 1.82) is 0 Å². The Kier molecular flexibility index (Phi) is 5.26. The maximum absolute atomic E-state index is 11.9. The van der Waals surface area contributed by atoms with E-state index in [-0.39, 0.29) is 24.7 Å². The van der Waals surface area contributed by atoms with Gasteiger partial charge in [0.15, 0.2) is 0 Å². The van der Waals surface area contributed by atoms with Crippen molar-refractivity contribution in [3.05, 3.63) is 34.3 Å². The molecular weight excluding hydrogens is 276 g/mol. The minimum Gasteiger partial charge on any atom is -0.396 e. The van der Waals surface area contributed by atoms with Crippen LogP contribution in [0.15, 0.2) is 18.2 Å². The zero-order valence-corrected chi connectivity index (χ0v) is 12.4. The van der Waals surface area contributed by atoms with Crippen LogP contribution in [0.1, 0.15) is 43.4 Å². The number of carbonyl (C=O) groups is 1. The van der Waals surface area contributed by atoms with Crippen LogP contribution in [0.4, 0.5) is 4.79 Å². The first-order valence-corrected chi connectivity index (χ1v) is 7.44. The molecule has 2 rings (SSSR count). The van der Waals surface area contributed by atoms with Gasteiger partial charge in [0, 0.05) is 17.7 Å². The molecule has 1 aliphatic carbocycles. The number of benzene rings is 1. The molecule has 1 aromatic rings. The number of aliphatic hydroxyl groups is 1. The summed E-state index contributed by atoms with van der Waals surface area (Å²) in [6, 6.07) is 5.80. The molecule has 0 radical (unpaired) electrons. The van der Waals surface area contributed by atoms with Crippen LogP contribution in [0.5, 0.6) is 0 Å². The van der Waals surface area contributed by atoms with Crippen molar-refractivity contribution in [3.63, 3.8) is 0 Å². The van der Waals surface area contributed by atoms with Gasteiger partial charge >= 0.3 is 6.03 Å². The van der Waals surface area contributed by atoms with E-state index in [1.54, 1.807) is 0 Å². The summed E-state index contributed by atoms with van der Waals surface area (Å²) in [4.78, 5) is 11.9. The summed E-state index contributed by atoms with van der Waals surface area (Å²) in [5, 5.41) is 15.4. The normalized spacial score (nSPS) is 18.4. The minimum absolute atomic E-state index is 0.0623. The van der Waals surface area contributed by atoms with Gasteiger partial charge in [0.2, 0.25) is 0 Å². The maximum Gasteiger partial charge on any atom is 0.315 e. The summed E-state index contributed by atoms with van der Waals surface area (Å²) < 4.78 is 0. The van der Waals surface area contributed by atoms with E-state index in [2.05, 4.69) is 10.6 Å². The summed E-state index contributed by atoms with van der Waals surface area (Å²) >= 11 is 5.97. The smallest absolute Gasteiger partial charge is 0.315 e. The summed E-state index contributed by atoms with van der Waals surface area (Å²) in [5.41, 5.74) is 2.38. The van der Waals surface area contributed by atoms with Crippen molar-refractivity contribution >= 4 is 17.6 Å². The fourth-order valence-electron chi connectivity index (χ4n) is 2.63. The van der Waals surface area contributed by atoms with E-state index in [0.29, 0.717) is 6.42 Å². The fourth-order valence-corrected chi connectivity index (χ4v) is 2.82. The predicted molar refractivity (Wildman–Crippen MR) is 80.0 cm³/mol. The minimum atomic E-state index is -0.150. The lowest BCUT2D eigenvalue weighted by atomic mass is 10.1. The Labute approximate surface area is 124 Å². The number of hydrogen-bond acceptors (Lipinski definition) is 2. The molecule has 2 atom stereocenters. The SMILES string of the molecule is CC(CCCO)NC(=O)NC1CCc2cc(Cl)ccc21. The summed E-state index contributed by atoms with van der Waals surface area (Å²) in [7, 11) is 0. The number of urea groups is 1. The second kappa shape index (κ2) is 6.95. The lowest BCUT2D eigenvalue weighted by Crippen LogP contribution is -2.42. The van der Waals surface area contributed by atoms with Crippen LogP contribution < -0.4 is 10.6 Å². The maximum atomic E-state index is 11.9. The molecule has 0 saturated heterocycles. The number of nitrogens with one attached hydrogen (secondary N) is 2. The third kappa shape index (κ3) is 3.87. The highest BCUT2D eigenvalue weighted by molar-refractivity contribution is 6.30. The van der Waals surface area contributed by atoms with Gasteiger partial charge in [-0.15, -0.1) is 0 Å². The molecule has 20 heavy (non-hydrogen) atoms. The van der Waals surface area contributed by atoms with E-state index < -0.39 is 0 Å². The van der Waals surface area contributed by atoms with Crippen LogP contribution >= 0.6 is 11.6 Å². The Morgan fingerprint density at radius 1 is 1.55 bits per heavy atom. The number of aliphatic hydroxyl groups excluding tert-OH is 1. The largest absolute Gasteiger partial charge is 0.396 e. The first kappa shape index (κ1) is 15.1. The van der Waals surface area contributed by atoms with E-state index in [1.807, 2.05) is 25.1 Å². The molecule has 0 saturated carbocycles. The van der Waals surface area contributed by atoms with Crippen molar-refractivity contribution in [2.24, 2.45) is 0 Å². The van der Waals surface area contributed by atoms with Crippen molar-refractivity contribution in [1.82, 2.24) is 10.6 Å². The zero-order chi connectivity index (χ0) is 14.5. The second-order valence-electron chi connectivity index (χ2n) is 5.32. The third-order valence-electron chi connectivity index (χ3n) is 3.66. The van der Waals surface area contributed by atoms with Crippen LogP contribution in [0.3, 0.4) is 0 Å². The van der Waals surface area contributed by atoms with Gasteiger partial charge in [0.1, 0.15) is 0 Å². The highest BCUT2D eigenvalue weighted by atomic mass is 35.5. The van der Waals surface area contributed by atoms with Gasteiger partial charge in [-0.2, -0.15) is 0 Å². The monoisotopic (exact) mass is 296 g/mol. The summed E-state index contributed by atoms with van der Waals surface area (Å²) in [5.74, 6) is 0. The number of halogens is 1. The van der Waals surface area contributed by atoms with Gasteiger partial charge in [-0.25, -0.2) is 4.79 Å². The van der Waals surface area contributed by atoms with E-state index >= 15 is 0 Å². The van der Waals surface area contributed by atoms with Crippen LogP contribution in [-0.4, -0.2) is 23.8 Å². The molecule has 0 aromatic heterocycles. The molecule has 4 nitrogen and oxygen atoms in total. The number of hydrogen-bond donors (Lipinski definition) is 3. The Morgan fingerprint density at radius 3 is 3.10 bits per heavy atom. The van der Waals surface area contributed by atoms with Crippen molar-refractivity contribution in [3.8, 4) is 0 Å². The standard InChI is InChI=1S/C15H21ClN2O2/c1-10(3-2-8-19)17-15(20)18-14-7-4-11-9-12(16)5-6-13(11)14/h5-6,9-10,14,19H,2-4,7-8H2,1H3,(H2,17,18,20). The Hall–Kier alpha value is -1.26. The summed E-state index contributed by atoms with van der Waals surface area (Å²) in [6.45, 7) is 2.10. The van der Waals surface area contributed by atoms with Crippen LogP contribution in [0, 0.1) is 0 Å². The molecule has 3 N–H and O–H groups in total. The first-order valence-electron chi connectivity index (χ1n) is 7.06. The molecule has 0 heterocycles. The molecule has 0 aliphatic heterocycles. The van der Waals surface area contributed by atoms with Gasteiger partial charge in [-0.05, 0) is 55.9 Å². The Balaban J connectivity index is 1.88. The number of aryl methyl sites for hydroxylation is 1. The third-order valence-corrected chi connectivity index (χ3v) is 3.90. The van der Waals surface area contributed by atoms with Gasteiger partial charge in [0.05, 0.1) is 6.04 Å². The highest BCUT2D eigenvalue weighted by Crippen LogP contribution is 2.32. The molecule has 1 aliphatic rings. The van der Waals surface area contributed by atoms with E-state index in [4.69, 9.17) is 16.7 Å². The molecule has 0 bridgehead atoms. The molecular formula is C15H21ClN2O2.